The van der Waals surface area contributed by atoms with Gasteiger partial charge in [-0.1, -0.05) is 51.1 Å². The Morgan fingerprint density at radius 1 is 1.18 bits per heavy atom. The predicted octanol–water partition coefficient (Wildman–Crippen LogP) is 4.36. The van der Waals surface area contributed by atoms with Gasteiger partial charge in [0.1, 0.15) is 0 Å². The summed E-state index contributed by atoms with van der Waals surface area (Å²) in [6.45, 7) is 7.03. The molecule has 2 aromatic rings. The molecule has 1 aliphatic heterocycles. The van der Waals surface area contributed by atoms with Crippen LogP contribution >= 0.6 is 11.3 Å². The fourth-order valence-corrected chi connectivity index (χ4v) is 4.81. The van der Waals surface area contributed by atoms with Gasteiger partial charge in [0.2, 0.25) is 11.8 Å². The minimum atomic E-state index is -0.571. The van der Waals surface area contributed by atoms with Crippen molar-refractivity contribution in [2.75, 3.05) is 20.1 Å². The zero-order valence-electron chi connectivity index (χ0n) is 17.2. The van der Waals surface area contributed by atoms with Crippen molar-refractivity contribution in [3.8, 4) is 10.4 Å². The Morgan fingerprint density at radius 2 is 1.89 bits per heavy atom. The van der Waals surface area contributed by atoms with Crippen LogP contribution in [0.25, 0.3) is 10.4 Å². The standard InChI is InChI=1S/C23H30N2O2S/c1-22(2,3)21(27)25-13-6-12-23(16-25,20(26)24-4)15-17-8-10-18(11-9-17)19-7-5-14-28-19/h5,7-11,14H,6,12-13,15-16H2,1-4H3,(H,24,26). The molecule has 1 aromatic carbocycles. The van der Waals surface area contributed by atoms with Crippen LogP contribution in [-0.2, 0) is 16.0 Å². The molecule has 0 aliphatic carbocycles. The molecule has 28 heavy (non-hydrogen) atoms. The van der Waals surface area contributed by atoms with Crippen molar-refractivity contribution in [1.29, 1.82) is 0 Å². The van der Waals surface area contributed by atoms with Crippen molar-refractivity contribution in [3.63, 3.8) is 0 Å². The number of nitrogens with zero attached hydrogens (tertiary/aromatic N) is 1. The molecule has 1 unspecified atom stereocenters. The zero-order chi connectivity index (χ0) is 20.4. The fraction of sp³-hybridized carbons (Fsp3) is 0.478. The van der Waals surface area contributed by atoms with Crippen molar-refractivity contribution >= 4 is 23.2 Å². The largest absolute Gasteiger partial charge is 0.359 e. The average Bonchev–Trinajstić information content (AvgIpc) is 3.21. The van der Waals surface area contributed by atoms with Gasteiger partial charge in [0.15, 0.2) is 0 Å². The van der Waals surface area contributed by atoms with Gasteiger partial charge in [-0.05, 0) is 41.8 Å². The monoisotopic (exact) mass is 398 g/mol. The van der Waals surface area contributed by atoms with Gasteiger partial charge in [0, 0.05) is 30.4 Å². The van der Waals surface area contributed by atoms with Gasteiger partial charge in [0.25, 0.3) is 0 Å². The molecule has 3 rings (SSSR count). The van der Waals surface area contributed by atoms with Crippen LogP contribution in [0.5, 0.6) is 0 Å². The number of benzene rings is 1. The molecule has 2 heterocycles. The minimum Gasteiger partial charge on any atom is -0.359 e. The lowest BCUT2D eigenvalue weighted by atomic mass is 9.73. The predicted molar refractivity (Wildman–Crippen MR) is 115 cm³/mol. The molecular weight excluding hydrogens is 368 g/mol. The Hall–Kier alpha value is -2.14. The molecule has 4 nitrogen and oxygen atoms in total. The molecule has 0 bridgehead atoms. The summed E-state index contributed by atoms with van der Waals surface area (Å²) in [5.41, 5.74) is 1.32. The number of thiophene rings is 1. The molecule has 0 spiro atoms. The second-order valence-corrected chi connectivity index (χ2v) is 9.74. The number of carbonyl (C=O) groups is 2. The van der Waals surface area contributed by atoms with Crippen LogP contribution in [0.2, 0.25) is 0 Å². The first-order valence-electron chi connectivity index (χ1n) is 9.90. The van der Waals surface area contributed by atoms with Crippen molar-refractivity contribution in [3.05, 3.63) is 47.3 Å². The van der Waals surface area contributed by atoms with Gasteiger partial charge in [-0.3, -0.25) is 9.59 Å². The number of rotatable bonds is 4. The van der Waals surface area contributed by atoms with E-state index in [0.29, 0.717) is 13.0 Å². The van der Waals surface area contributed by atoms with Gasteiger partial charge in [-0.2, -0.15) is 0 Å². The van der Waals surface area contributed by atoms with Gasteiger partial charge in [0.05, 0.1) is 5.41 Å². The Balaban J connectivity index is 1.83. The smallest absolute Gasteiger partial charge is 0.228 e. The second-order valence-electron chi connectivity index (χ2n) is 8.79. The Morgan fingerprint density at radius 3 is 2.46 bits per heavy atom. The van der Waals surface area contributed by atoms with Crippen molar-refractivity contribution in [2.24, 2.45) is 10.8 Å². The van der Waals surface area contributed by atoms with Crippen molar-refractivity contribution in [2.45, 2.75) is 40.0 Å². The molecule has 1 saturated heterocycles. The number of carbonyl (C=O) groups excluding carboxylic acids is 2. The number of amides is 2. The highest BCUT2D eigenvalue weighted by molar-refractivity contribution is 7.13. The summed E-state index contributed by atoms with van der Waals surface area (Å²) >= 11 is 1.72. The molecular formula is C23H30N2O2S. The summed E-state index contributed by atoms with van der Waals surface area (Å²) in [7, 11) is 1.69. The van der Waals surface area contributed by atoms with E-state index in [0.717, 1.165) is 24.9 Å². The molecule has 5 heteroatoms. The molecule has 0 saturated carbocycles. The van der Waals surface area contributed by atoms with Crippen LogP contribution in [0.3, 0.4) is 0 Å². The van der Waals surface area contributed by atoms with Crippen LogP contribution in [-0.4, -0.2) is 36.9 Å². The molecule has 150 valence electrons. The molecule has 1 N–H and O–H groups in total. The third-order valence-electron chi connectivity index (χ3n) is 5.52. The molecule has 1 atom stereocenters. The highest BCUT2D eigenvalue weighted by atomic mass is 32.1. The lowest BCUT2D eigenvalue weighted by molar-refractivity contribution is -0.147. The van der Waals surface area contributed by atoms with Crippen LogP contribution in [0.15, 0.2) is 41.8 Å². The van der Waals surface area contributed by atoms with E-state index in [1.165, 1.54) is 10.4 Å². The van der Waals surface area contributed by atoms with Gasteiger partial charge < -0.3 is 10.2 Å². The molecule has 2 amide bonds. The number of hydrogen-bond donors (Lipinski definition) is 1. The van der Waals surface area contributed by atoms with Crippen molar-refractivity contribution in [1.82, 2.24) is 10.2 Å². The summed E-state index contributed by atoms with van der Waals surface area (Å²) in [5, 5.41) is 4.93. The number of likely N-dealkylation sites (tertiary alicyclic amines) is 1. The van der Waals surface area contributed by atoms with E-state index in [2.05, 4.69) is 47.1 Å². The SMILES string of the molecule is CNC(=O)C1(Cc2ccc(-c3cccs3)cc2)CCCN(C(=O)C(C)(C)C)C1. The Kier molecular flexibility index (Phi) is 5.94. The molecule has 1 fully saturated rings. The summed E-state index contributed by atoms with van der Waals surface area (Å²) in [6.07, 6.45) is 2.29. The van der Waals surface area contributed by atoms with E-state index in [9.17, 15) is 9.59 Å². The first kappa shape index (κ1) is 20.6. The normalized spacial score (nSPS) is 20.1. The minimum absolute atomic E-state index is 0.0289. The number of piperidine rings is 1. The van der Waals surface area contributed by atoms with Gasteiger partial charge in [-0.25, -0.2) is 0 Å². The first-order valence-corrected chi connectivity index (χ1v) is 10.8. The molecule has 1 aromatic heterocycles. The molecule has 1 aliphatic rings. The zero-order valence-corrected chi connectivity index (χ0v) is 18.1. The topological polar surface area (TPSA) is 49.4 Å². The van der Waals surface area contributed by atoms with E-state index in [1.54, 1.807) is 18.4 Å². The third-order valence-corrected chi connectivity index (χ3v) is 6.44. The fourth-order valence-electron chi connectivity index (χ4n) is 4.07. The van der Waals surface area contributed by atoms with Crippen LogP contribution in [0.1, 0.15) is 39.2 Å². The van der Waals surface area contributed by atoms with E-state index in [-0.39, 0.29) is 11.8 Å². The summed E-state index contributed by atoms with van der Waals surface area (Å²) in [6, 6.07) is 12.6. The highest BCUT2D eigenvalue weighted by Gasteiger charge is 2.44. The summed E-state index contributed by atoms with van der Waals surface area (Å²) < 4.78 is 0. The lowest BCUT2D eigenvalue weighted by Gasteiger charge is -2.43. The Labute approximate surface area is 172 Å². The number of hydrogen-bond acceptors (Lipinski definition) is 3. The van der Waals surface area contributed by atoms with Gasteiger partial charge >= 0.3 is 0 Å². The van der Waals surface area contributed by atoms with Crippen molar-refractivity contribution < 1.29 is 9.59 Å². The maximum absolute atomic E-state index is 12.9. The van der Waals surface area contributed by atoms with Crippen LogP contribution in [0.4, 0.5) is 0 Å². The van der Waals surface area contributed by atoms with E-state index >= 15 is 0 Å². The lowest BCUT2D eigenvalue weighted by Crippen LogP contribution is -2.55. The quantitative estimate of drug-likeness (QED) is 0.832. The number of nitrogens with one attached hydrogen (secondary N) is 1. The third kappa shape index (κ3) is 4.30. The summed E-state index contributed by atoms with van der Waals surface area (Å²) in [4.78, 5) is 28.9. The van der Waals surface area contributed by atoms with E-state index < -0.39 is 10.8 Å². The highest BCUT2D eigenvalue weighted by Crippen LogP contribution is 2.36. The maximum Gasteiger partial charge on any atom is 0.228 e. The van der Waals surface area contributed by atoms with Gasteiger partial charge in [-0.15, -0.1) is 11.3 Å². The maximum atomic E-state index is 12.9. The summed E-state index contributed by atoms with van der Waals surface area (Å²) in [5.74, 6) is 0.148. The second kappa shape index (κ2) is 8.08. The Bertz CT molecular complexity index is 821. The first-order chi connectivity index (χ1) is 13.2. The van der Waals surface area contributed by atoms with Crippen LogP contribution in [0, 0.1) is 10.8 Å². The van der Waals surface area contributed by atoms with E-state index in [1.807, 2.05) is 25.7 Å². The molecule has 0 radical (unpaired) electrons. The average molecular weight is 399 g/mol. The van der Waals surface area contributed by atoms with E-state index in [4.69, 9.17) is 0 Å². The van der Waals surface area contributed by atoms with Crippen LogP contribution < -0.4 is 5.32 Å².